The number of nitrogens with two attached hydrogens (primary N) is 1. The van der Waals surface area contributed by atoms with Crippen molar-refractivity contribution >= 4 is 12.0 Å². The Labute approximate surface area is 69.6 Å². The van der Waals surface area contributed by atoms with Gasteiger partial charge in [0.25, 0.3) is 0 Å². The molecule has 0 aromatic heterocycles. The molecule has 60 valence electrons. The van der Waals surface area contributed by atoms with Gasteiger partial charge in [0.2, 0.25) is 0 Å². The van der Waals surface area contributed by atoms with Crippen LogP contribution < -0.4 is 11.3 Å². The van der Waals surface area contributed by atoms with Gasteiger partial charge in [0, 0.05) is 0 Å². The van der Waals surface area contributed by atoms with E-state index in [0.29, 0.717) is 23.1 Å². The van der Waals surface area contributed by atoms with E-state index in [1.54, 1.807) is 18.2 Å². The Morgan fingerprint density at radius 1 is 1.58 bits per heavy atom. The molecule has 0 atom stereocenters. The van der Waals surface area contributed by atoms with Gasteiger partial charge < -0.3 is 5.43 Å². The first kappa shape index (κ1) is 8.24. The molecule has 0 aliphatic carbocycles. The van der Waals surface area contributed by atoms with Crippen molar-refractivity contribution in [2.24, 2.45) is 5.84 Å². The van der Waals surface area contributed by atoms with Gasteiger partial charge in [-0.15, -0.1) is 0 Å². The molecule has 0 bridgehead atoms. The first-order valence-electron chi connectivity index (χ1n) is 3.28. The predicted octanol–water partition coefficient (Wildman–Crippen LogP) is 0.656. The van der Waals surface area contributed by atoms with Crippen molar-refractivity contribution in [2.45, 2.75) is 0 Å². The van der Waals surface area contributed by atoms with Gasteiger partial charge in [-0.3, -0.25) is 10.6 Å². The van der Waals surface area contributed by atoms with Crippen LogP contribution in [0.4, 0.5) is 5.69 Å². The Morgan fingerprint density at radius 2 is 2.33 bits per heavy atom. The van der Waals surface area contributed by atoms with E-state index in [-0.39, 0.29) is 0 Å². The number of aldehydes is 1. The summed E-state index contributed by atoms with van der Waals surface area (Å²) in [5.74, 6) is 5.13. The second kappa shape index (κ2) is 3.51. The van der Waals surface area contributed by atoms with Crippen molar-refractivity contribution in [1.29, 1.82) is 5.26 Å². The number of nitriles is 1. The van der Waals surface area contributed by atoms with Crippen molar-refractivity contribution in [3.8, 4) is 6.07 Å². The molecule has 12 heavy (non-hydrogen) atoms. The van der Waals surface area contributed by atoms with Crippen LogP contribution in [0.1, 0.15) is 15.9 Å². The third-order valence-corrected chi connectivity index (χ3v) is 1.50. The highest BCUT2D eigenvalue weighted by atomic mass is 16.1. The van der Waals surface area contributed by atoms with E-state index in [0.717, 1.165) is 0 Å². The highest BCUT2D eigenvalue weighted by Gasteiger charge is 2.04. The monoisotopic (exact) mass is 161 g/mol. The molecular formula is C8H7N3O. The number of nitrogens with one attached hydrogen (secondary N) is 1. The topological polar surface area (TPSA) is 78.9 Å². The summed E-state index contributed by atoms with van der Waals surface area (Å²) in [6, 6.07) is 6.74. The molecule has 0 saturated carbocycles. The molecule has 1 rings (SSSR count). The lowest BCUT2D eigenvalue weighted by Gasteiger charge is -2.03. The Bertz CT molecular complexity index is 341. The zero-order valence-electron chi connectivity index (χ0n) is 6.24. The number of hydrogen-bond donors (Lipinski definition) is 2. The Kier molecular flexibility index (Phi) is 2.41. The third kappa shape index (κ3) is 1.26. The van der Waals surface area contributed by atoms with Crippen LogP contribution in [0.15, 0.2) is 18.2 Å². The van der Waals surface area contributed by atoms with E-state index in [1.165, 1.54) is 0 Å². The lowest BCUT2D eigenvalue weighted by Crippen LogP contribution is -2.09. The van der Waals surface area contributed by atoms with Gasteiger partial charge in [-0.05, 0) is 12.1 Å². The Hall–Kier alpha value is -1.86. The van der Waals surface area contributed by atoms with Crippen LogP contribution in [0.25, 0.3) is 0 Å². The lowest BCUT2D eigenvalue weighted by molar-refractivity contribution is 0.112. The van der Waals surface area contributed by atoms with Crippen molar-refractivity contribution in [2.75, 3.05) is 5.43 Å². The number of rotatable bonds is 2. The van der Waals surface area contributed by atoms with Gasteiger partial charge in [-0.1, -0.05) is 6.07 Å². The van der Waals surface area contributed by atoms with Crippen LogP contribution in [0, 0.1) is 11.3 Å². The minimum absolute atomic E-state index is 0.294. The smallest absolute Gasteiger partial charge is 0.153 e. The van der Waals surface area contributed by atoms with Gasteiger partial charge in [-0.25, -0.2) is 0 Å². The molecule has 0 aliphatic heterocycles. The summed E-state index contributed by atoms with van der Waals surface area (Å²) in [6.45, 7) is 0. The standard InChI is InChI=1S/C8H7N3O/c9-4-6-2-1-3-8(11-10)7(6)5-12/h1-3,5,11H,10H2. The van der Waals surface area contributed by atoms with Crippen LogP contribution in [-0.4, -0.2) is 6.29 Å². The number of hydrogen-bond acceptors (Lipinski definition) is 4. The number of carbonyl (C=O) groups is 1. The van der Waals surface area contributed by atoms with Crippen LogP contribution in [0.2, 0.25) is 0 Å². The molecule has 0 saturated heterocycles. The van der Waals surface area contributed by atoms with Gasteiger partial charge in [0.1, 0.15) is 0 Å². The van der Waals surface area contributed by atoms with Crippen LogP contribution in [0.5, 0.6) is 0 Å². The van der Waals surface area contributed by atoms with Gasteiger partial charge in [0.05, 0.1) is 22.9 Å². The van der Waals surface area contributed by atoms with E-state index in [9.17, 15) is 4.79 Å². The molecule has 0 aliphatic rings. The van der Waals surface area contributed by atoms with Crippen molar-refractivity contribution in [3.63, 3.8) is 0 Å². The number of carbonyl (C=O) groups excluding carboxylic acids is 1. The van der Waals surface area contributed by atoms with Crippen LogP contribution in [-0.2, 0) is 0 Å². The van der Waals surface area contributed by atoms with E-state index in [2.05, 4.69) is 5.43 Å². The molecule has 4 nitrogen and oxygen atoms in total. The molecular weight excluding hydrogens is 154 g/mol. The Balaban J connectivity index is 3.34. The maximum absolute atomic E-state index is 10.5. The normalized spacial score (nSPS) is 8.67. The summed E-state index contributed by atoms with van der Waals surface area (Å²) in [7, 11) is 0. The summed E-state index contributed by atoms with van der Waals surface area (Å²) in [6.07, 6.45) is 0.605. The Morgan fingerprint density at radius 3 is 2.83 bits per heavy atom. The molecule has 1 aromatic carbocycles. The number of anilines is 1. The number of hydrazine groups is 1. The summed E-state index contributed by atoms with van der Waals surface area (Å²) in [5.41, 5.74) is 3.41. The van der Waals surface area contributed by atoms with Crippen molar-refractivity contribution in [3.05, 3.63) is 29.3 Å². The minimum atomic E-state index is 0.294. The number of benzene rings is 1. The van der Waals surface area contributed by atoms with Gasteiger partial charge >= 0.3 is 0 Å². The van der Waals surface area contributed by atoms with Gasteiger partial charge in [-0.2, -0.15) is 5.26 Å². The quantitative estimate of drug-likeness (QED) is 0.379. The molecule has 3 N–H and O–H groups in total. The third-order valence-electron chi connectivity index (χ3n) is 1.50. The summed E-state index contributed by atoms with van der Waals surface area (Å²) in [5, 5.41) is 8.59. The number of nitrogens with zero attached hydrogens (tertiary/aromatic N) is 1. The lowest BCUT2D eigenvalue weighted by atomic mass is 10.1. The fourth-order valence-electron chi connectivity index (χ4n) is 0.916. The van der Waals surface area contributed by atoms with E-state index < -0.39 is 0 Å². The van der Waals surface area contributed by atoms with Gasteiger partial charge in [0.15, 0.2) is 6.29 Å². The second-order valence-corrected chi connectivity index (χ2v) is 2.14. The second-order valence-electron chi connectivity index (χ2n) is 2.14. The van der Waals surface area contributed by atoms with E-state index in [1.807, 2.05) is 6.07 Å². The first-order chi connectivity index (χ1) is 5.83. The molecule has 4 heteroatoms. The molecule has 0 unspecified atom stereocenters. The fraction of sp³-hybridized carbons (Fsp3) is 0. The summed E-state index contributed by atoms with van der Waals surface area (Å²) >= 11 is 0. The molecule has 0 heterocycles. The highest BCUT2D eigenvalue weighted by Crippen LogP contribution is 2.15. The van der Waals surface area contributed by atoms with Crippen molar-refractivity contribution < 1.29 is 4.79 Å². The maximum atomic E-state index is 10.5. The average molecular weight is 161 g/mol. The molecule has 0 amide bonds. The fourth-order valence-corrected chi connectivity index (χ4v) is 0.916. The molecule has 0 radical (unpaired) electrons. The summed E-state index contributed by atoms with van der Waals surface area (Å²) < 4.78 is 0. The molecule has 0 spiro atoms. The molecule has 0 fully saturated rings. The average Bonchev–Trinajstić information content (AvgIpc) is 2.16. The highest BCUT2D eigenvalue weighted by molar-refractivity contribution is 5.87. The largest absolute Gasteiger partial charge is 0.323 e. The van der Waals surface area contributed by atoms with E-state index >= 15 is 0 Å². The maximum Gasteiger partial charge on any atom is 0.153 e. The zero-order valence-corrected chi connectivity index (χ0v) is 6.24. The minimum Gasteiger partial charge on any atom is -0.323 e. The SMILES string of the molecule is N#Cc1cccc(NN)c1C=O. The summed E-state index contributed by atoms with van der Waals surface area (Å²) in [4.78, 5) is 10.5. The molecule has 1 aromatic rings. The van der Waals surface area contributed by atoms with Crippen LogP contribution >= 0.6 is 0 Å². The zero-order chi connectivity index (χ0) is 8.97. The van der Waals surface area contributed by atoms with Crippen molar-refractivity contribution in [1.82, 2.24) is 0 Å². The van der Waals surface area contributed by atoms with Crippen LogP contribution in [0.3, 0.4) is 0 Å². The van der Waals surface area contributed by atoms with E-state index in [4.69, 9.17) is 11.1 Å². The predicted molar refractivity (Wildman–Crippen MR) is 44.4 cm³/mol. The number of nitrogen functional groups attached to an aromatic ring is 1. The first-order valence-corrected chi connectivity index (χ1v) is 3.28.